The van der Waals surface area contributed by atoms with Crippen LogP contribution in [0, 0.1) is 13.8 Å². The average Bonchev–Trinajstić information content (AvgIpc) is 2.94. The first kappa shape index (κ1) is 15.9. The molecular weight excluding hydrogens is 304 g/mol. The van der Waals surface area contributed by atoms with Gasteiger partial charge in [-0.05, 0) is 38.5 Å². The molecule has 0 saturated carbocycles. The van der Waals surface area contributed by atoms with Gasteiger partial charge in [-0.25, -0.2) is 15.0 Å². The standard InChI is InChI=1S/C17H20N6O/c1-4-13(17-19-8-5-9-20-17)21-16-12(18)6-7-14(22-16)15-10(2)23-24-11(15)3/h5-9,13H,4,18H2,1-3H3,(H,21,22)/t13-/m0/s1. The maximum atomic E-state index is 6.10. The summed E-state index contributed by atoms with van der Waals surface area (Å²) in [6, 6.07) is 5.42. The molecule has 0 amide bonds. The number of hydrogen-bond acceptors (Lipinski definition) is 7. The second kappa shape index (κ2) is 6.66. The van der Waals surface area contributed by atoms with Gasteiger partial charge in [0.1, 0.15) is 11.6 Å². The Morgan fingerprint density at radius 1 is 1.21 bits per heavy atom. The van der Waals surface area contributed by atoms with Gasteiger partial charge in [0, 0.05) is 12.4 Å². The smallest absolute Gasteiger partial charge is 0.150 e. The van der Waals surface area contributed by atoms with Crippen molar-refractivity contribution in [1.29, 1.82) is 0 Å². The zero-order valence-corrected chi connectivity index (χ0v) is 13.9. The van der Waals surface area contributed by atoms with Crippen LogP contribution in [0.4, 0.5) is 11.5 Å². The third kappa shape index (κ3) is 3.05. The summed E-state index contributed by atoms with van der Waals surface area (Å²) in [6.07, 6.45) is 4.26. The highest BCUT2D eigenvalue weighted by Crippen LogP contribution is 2.30. The van der Waals surface area contributed by atoms with Crippen molar-refractivity contribution in [3.8, 4) is 11.3 Å². The molecule has 24 heavy (non-hydrogen) atoms. The predicted octanol–water partition coefficient (Wildman–Crippen LogP) is 3.29. The maximum Gasteiger partial charge on any atom is 0.150 e. The third-order valence-electron chi connectivity index (χ3n) is 3.83. The van der Waals surface area contributed by atoms with Gasteiger partial charge in [0.25, 0.3) is 0 Å². The van der Waals surface area contributed by atoms with E-state index in [0.29, 0.717) is 17.3 Å². The van der Waals surface area contributed by atoms with E-state index in [-0.39, 0.29) is 6.04 Å². The van der Waals surface area contributed by atoms with Crippen LogP contribution in [0.25, 0.3) is 11.3 Å². The molecule has 0 fully saturated rings. The summed E-state index contributed by atoms with van der Waals surface area (Å²) in [4.78, 5) is 13.3. The van der Waals surface area contributed by atoms with Crippen LogP contribution in [0.1, 0.15) is 36.7 Å². The molecule has 3 aromatic heterocycles. The molecule has 0 radical (unpaired) electrons. The fraction of sp³-hybridized carbons (Fsp3) is 0.294. The first-order valence-corrected chi connectivity index (χ1v) is 7.83. The molecule has 3 N–H and O–H groups in total. The van der Waals surface area contributed by atoms with Crippen LogP contribution in [-0.2, 0) is 0 Å². The molecule has 0 aliphatic rings. The minimum Gasteiger partial charge on any atom is -0.396 e. The minimum absolute atomic E-state index is 0.0686. The van der Waals surface area contributed by atoms with Crippen molar-refractivity contribution in [3.05, 3.63) is 47.9 Å². The normalized spacial score (nSPS) is 12.1. The molecular formula is C17H20N6O. The van der Waals surface area contributed by atoms with Crippen molar-refractivity contribution in [2.75, 3.05) is 11.1 Å². The summed E-state index contributed by atoms with van der Waals surface area (Å²) in [6.45, 7) is 5.82. The number of rotatable bonds is 5. The van der Waals surface area contributed by atoms with Crippen LogP contribution in [0.5, 0.6) is 0 Å². The summed E-state index contributed by atoms with van der Waals surface area (Å²) < 4.78 is 5.23. The van der Waals surface area contributed by atoms with E-state index in [1.54, 1.807) is 18.5 Å². The number of nitrogens with one attached hydrogen (secondary N) is 1. The van der Waals surface area contributed by atoms with Gasteiger partial charge in [0.15, 0.2) is 5.82 Å². The summed E-state index contributed by atoms with van der Waals surface area (Å²) in [5.41, 5.74) is 9.13. The molecule has 7 heteroatoms. The van der Waals surface area contributed by atoms with Gasteiger partial charge in [0.2, 0.25) is 0 Å². The SMILES string of the molecule is CC[C@H](Nc1nc(-c2c(C)noc2C)ccc1N)c1ncccn1. The molecule has 0 unspecified atom stereocenters. The van der Waals surface area contributed by atoms with Gasteiger partial charge in [-0.3, -0.25) is 0 Å². The Labute approximate surface area is 140 Å². The van der Waals surface area contributed by atoms with Gasteiger partial charge >= 0.3 is 0 Å². The van der Waals surface area contributed by atoms with Crippen LogP contribution >= 0.6 is 0 Å². The number of aromatic nitrogens is 4. The summed E-state index contributed by atoms with van der Waals surface area (Å²) >= 11 is 0. The second-order valence-electron chi connectivity index (χ2n) is 5.55. The number of pyridine rings is 1. The topological polar surface area (TPSA) is 103 Å². The maximum absolute atomic E-state index is 6.10. The number of nitrogens with zero attached hydrogens (tertiary/aromatic N) is 4. The largest absolute Gasteiger partial charge is 0.396 e. The van der Waals surface area contributed by atoms with E-state index in [1.807, 2.05) is 26.0 Å². The van der Waals surface area contributed by atoms with Crippen LogP contribution in [0.3, 0.4) is 0 Å². The Kier molecular flexibility index (Phi) is 4.41. The lowest BCUT2D eigenvalue weighted by Crippen LogP contribution is -2.15. The number of anilines is 2. The zero-order valence-electron chi connectivity index (χ0n) is 13.9. The average molecular weight is 324 g/mol. The highest BCUT2D eigenvalue weighted by atomic mass is 16.5. The van der Waals surface area contributed by atoms with Crippen LogP contribution in [0.2, 0.25) is 0 Å². The fourth-order valence-corrected chi connectivity index (χ4v) is 2.58. The monoisotopic (exact) mass is 324 g/mol. The Bertz CT molecular complexity index is 811. The van der Waals surface area contributed by atoms with Crippen molar-refractivity contribution in [1.82, 2.24) is 20.1 Å². The molecule has 3 aromatic rings. The second-order valence-corrected chi connectivity index (χ2v) is 5.55. The Morgan fingerprint density at radius 2 is 1.96 bits per heavy atom. The number of nitrogens with two attached hydrogens (primary N) is 1. The van der Waals surface area contributed by atoms with Gasteiger partial charge in [-0.2, -0.15) is 0 Å². The van der Waals surface area contributed by atoms with Gasteiger partial charge in [-0.1, -0.05) is 12.1 Å². The lowest BCUT2D eigenvalue weighted by molar-refractivity contribution is 0.393. The first-order valence-electron chi connectivity index (χ1n) is 7.83. The molecule has 0 saturated heterocycles. The van der Waals surface area contributed by atoms with E-state index >= 15 is 0 Å². The van der Waals surface area contributed by atoms with Crippen molar-refractivity contribution >= 4 is 11.5 Å². The molecule has 0 aliphatic carbocycles. The molecule has 3 rings (SSSR count). The lowest BCUT2D eigenvalue weighted by Gasteiger charge is -2.18. The quantitative estimate of drug-likeness (QED) is 0.742. The number of aryl methyl sites for hydroxylation is 2. The van der Waals surface area contributed by atoms with Gasteiger partial charge < -0.3 is 15.6 Å². The van der Waals surface area contributed by atoms with Crippen molar-refractivity contribution in [3.63, 3.8) is 0 Å². The van der Waals surface area contributed by atoms with Crippen molar-refractivity contribution in [2.24, 2.45) is 0 Å². The first-order chi connectivity index (χ1) is 11.6. The van der Waals surface area contributed by atoms with E-state index in [4.69, 9.17) is 10.3 Å². The molecule has 124 valence electrons. The van der Waals surface area contributed by atoms with E-state index in [9.17, 15) is 0 Å². The lowest BCUT2D eigenvalue weighted by atomic mass is 10.1. The molecule has 1 atom stereocenters. The van der Waals surface area contributed by atoms with Crippen LogP contribution in [-0.4, -0.2) is 20.1 Å². The van der Waals surface area contributed by atoms with E-state index < -0.39 is 0 Å². The third-order valence-corrected chi connectivity index (χ3v) is 3.83. The van der Waals surface area contributed by atoms with E-state index in [1.165, 1.54) is 0 Å². The Morgan fingerprint density at radius 3 is 2.58 bits per heavy atom. The molecule has 0 aromatic carbocycles. The Hall–Kier alpha value is -2.96. The summed E-state index contributed by atoms with van der Waals surface area (Å²) in [7, 11) is 0. The number of nitrogen functional groups attached to an aromatic ring is 1. The highest BCUT2D eigenvalue weighted by molar-refractivity contribution is 5.71. The van der Waals surface area contributed by atoms with Gasteiger partial charge in [0.05, 0.1) is 28.7 Å². The van der Waals surface area contributed by atoms with Crippen molar-refractivity contribution < 1.29 is 4.52 Å². The van der Waals surface area contributed by atoms with Crippen LogP contribution in [0.15, 0.2) is 35.1 Å². The van der Waals surface area contributed by atoms with Crippen molar-refractivity contribution in [2.45, 2.75) is 33.2 Å². The predicted molar refractivity (Wildman–Crippen MR) is 92.3 cm³/mol. The fourth-order valence-electron chi connectivity index (χ4n) is 2.58. The molecule has 0 bridgehead atoms. The summed E-state index contributed by atoms with van der Waals surface area (Å²) in [5, 5.41) is 7.33. The minimum atomic E-state index is -0.0686. The zero-order chi connectivity index (χ0) is 17.1. The van der Waals surface area contributed by atoms with E-state index in [0.717, 1.165) is 29.1 Å². The molecule has 7 nitrogen and oxygen atoms in total. The summed E-state index contributed by atoms with van der Waals surface area (Å²) in [5.74, 6) is 2.05. The van der Waals surface area contributed by atoms with Crippen LogP contribution < -0.4 is 11.1 Å². The number of hydrogen-bond donors (Lipinski definition) is 2. The Balaban J connectivity index is 1.95. The molecule has 0 aliphatic heterocycles. The van der Waals surface area contributed by atoms with Gasteiger partial charge in [-0.15, -0.1) is 0 Å². The highest BCUT2D eigenvalue weighted by Gasteiger charge is 2.17. The van der Waals surface area contributed by atoms with E-state index in [2.05, 4.69) is 32.3 Å². The molecule has 3 heterocycles. The molecule has 0 spiro atoms.